The second-order valence-corrected chi connectivity index (χ2v) is 11.6. The van der Waals surface area contributed by atoms with Crippen molar-refractivity contribution < 1.29 is 24.1 Å². The van der Waals surface area contributed by atoms with Crippen LogP contribution in [0.2, 0.25) is 0 Å². The first-order valence-electron chi connectivity index (χ1n) is 15.1. The van der Waals surface area contributed by atoms with Gasteiger partial charge in [-0.15, -0.1) is 0 Å². The van der Waals surface area contributed by atoms with Gasteiger partial charge in [0.2, 0.25) is 0 Å². The van der Waals surface area contributed by atoms with Crippen molar-refractivity contribution in [2.75, 3.05) is 12.4 Å². The van der Waals surface area contributed by atoms with Gasteiger partial charge < -0.3 is 30.4 Å². The Morgan fingerprint density at radius 1 is 0.848 bits per heavy atom. The van der Waals surface area contributed by atoms with E-state index in [9.17, 15) is 9.90 Å². The van der Waals surface area contributed by atoms with Gasteiger partial charge in [-0.1, -0.05) is 54.6 Å². The molecule has 0 saturated heterocycles. The third-order valence-electron chi connectivity index (χ3n) is 8.91. The summed E-state index contributed by atoms with van der Waals surface area (Å²) in [4.78, 5) is 11.5. The van der Waals surface area contributed by atoms with Gasteiger partial charge in [0.15, 0.2) is 11.5 Å². The molecule has 1 aliphatic carbocycles. The summed E-state index contributed by atoms with van der Waals surface area (Å²) in [6, 6.07) is 34.3. The van der Waals surface area contributed by atoms with Crippen LogP contribution in [0.3, 0.4) is 0 Å². The van der Waals surface area contributed by atoms with Gasteiger partial charge >= 0.3 is 5.97 Å². The van der Waals surface area contributed by atoms with Crippen LogP contribution in [0.15, 0.2) is 109 Å². The molecule has 0 bridgehead atoms. The van der Waals surface area contributed by atoms with Crippen molar-refractivity contribution in [2.24, 2.45) is 11.7 Å². The summed E-state index contributed by atoms with van der Waals surface area (Å²) in [7, 11) is 1.63. The summed E-state index contributed by atoms with van der Waals surface area (Å²) in [5.74, 6) is 1.39. The number of hydrogen-bond acceptors (Lipinski definition) is 6. The predicted molar refractivity (Wildman–Crippen MR) is 177 cm³/mol. The Labute approximate surface area is 266 Å². The standard InChI is InChI=1S/C38H33N3O5/c1-44-33-19-29(32(46-26-14-11-23(12-15-26)38(42)43)20-34(33)45-21-22-7-3-2-4-8-22)36-30-17-24-9-5-6-10-27(24)35(30)28-18-25(37(39)40)13-16-31(28)41-36/h2-16,18-20,30,35-36,41H,17,21H2,1H3,(H3,39,40)(H,42,43). The zero-order valence-corrected chi connectivity index (χ0v) is 25.2. The van der Waals surface area contributed by atoms with Crippen molar-refractivity contribution in [3.63, 3.8) is 0 Å². The Morgan fingerprint density at radius 3 is 2.33 bits per heavy atom. The van der Waals surface area contributed by atoms with E-state index in [1.807, 2.05) is 60.7 Å². The van der Waals surface area contributed by atoms with Crippen molar-refractivity contribution >= 4 is 17.5 Å². The number of hydrogen-bond donors (Lipinski definition) is 4. The van der Waals surface area contributed by atoms with E-state index in [0.29, 0.717) is 35.2 Å². The molecule has 0 fully saturated rings. The van der Waals surface area contributed by atoms with Crippen molar-refractivity contribution in [3.8, 4) is 23.0 Å². The van der Waals surface area contributed by atoms with Gasteiger partial charge in [-0.05, 0) is 83.1 Å². The van der Waals surface area contributed by atoms with Crippen LogP contribution < -0.4 is 25.3 Å². The maximum Gasteiger partial charge on any atom is 0.335 e. The molecular weight excluding hydrogens is 578 g/mol. The lowest BCUT2D eigenvalue weighted by atomic mass is 9.75. The maximum atomic E-state index is 11.5. The Morgan fingerprint density at radius 2 is 1.59 bits per heavy atom. The Hall–Kier alpha value is -5.76. The lowest BCUT2D eigenvalue weighted by Crippen LogP contribution is -2.31. The number of amidine groups is 1. The Balaban J connectivity index is 1.34. The molecule has 8 nitrogen and oxygen atoms in total. The number of nitrogens with one attached hydrogen (secondary N) is 2. The van der Waals surface area contributed by atoms with Crippen molar-refractivity contribution in [1.29, 1.82) is 5.41 Å². The van der Waals surface area contributed by atoms with E-state index >= 15 is 0 Å². The minimum Gasteiger partial charge on any atom is -0.493 e. The number of nitrogens with two attached hydrogens (primary N) is 1. The molecule has 0 saturated carbocycles. The highest BCUT2D eigenvalue weighted by atomic mass is 16.5. The third kappa shape index (κ3) is 5.38. The average Bonchev–Trinajstić information content (AvgIpc) is 3.47. The fourth-order valence-electron chi connectivity index (χ4n) is 6.72. The van der Waals surface area contributed by atoms with Crippen LogP contribution in [-0.2, 0) is 13.0 Å². The number of ether oxygens (including phenoxy) is 3. The van der Waals surface area contributed by atoms with Gasteiger partial charge in [0.1, 0.15) is 23.9 Å². The van der Waals surface area contributed by atoms with Gasteiger partial charge in [0, 0.05) is 28.8 Å². The molecule has 0 aromatic heterocycles. The Kier molecular flexibility index (Phi) is 7.54. The number of benzene rings is 5. The maximum absolute atomic E-state index is 11.5. The average molecular weight is 612 g/mol. The second kappa shape index (κ2) is 12.0. The molecule has 5 aromatic rings. The predicted octanol–water partition coefficient (Wildman–Crippen LogP) is 7.52. The molecule has 1 aliphatic heterocycles. The number of carboxylic acid groups (broad SMARTS) is 1. The highest BCUT2D eigenvalue weighted by molar-refractivity contribution is 5.96. The van der Waals surface area contributed by atoms with E-state index in [2.05, 4.69) is 29.6 Å². The molecule has 0 amide bonds. The number of fused-ring (bicyclic) bond motifs is 5. The molecule has 0 radical (unpaired) electrons. The number of methoxy groups -OCH3 is 1. The number of anilines is 1. The molecule has 3 unspecified atom stereocenters. The van der Waals surface area contributed by atoms with Crippen LogP contribution in [0.4, 0.5) is 5.69 Å². The van der Waals surface area contributed by atoms with Crippen LogP contribution in [0.5, 0.6) is 23.0 Å². The molecule has 230 valence electrons. The summed E-state index contributed by atoms with van der Waals surface area (Å²) < 4.78 is 18.7. The van der Waals surface area contributed by atoms with E-state index in [1.165, 1.54) is 23.3 Å². The summed E-state index contributed by atoms with van der Waals surface area (Å²) in [5.41, 5.74) is 13.3. The van der Waals surface area contributed by atoms with E-state index in [-0.39, 0.29) is 29.3 Å². The lowest BCUT2D eigenvalue weighted by Gasteiger charge is -2.39. The van der Waals surface area contributed by atoms with E-state index < -0.39 is 5.97 Å². The number of nitrogen functional groups attached to an aromatic ring is 1. The fraction of sp³-hybridized carbons (Fsp3) is 0.158. The first-order valence-corrected chi connectivity index (χ1v) is 15.1. The quantitative estimate of drug-likeness (QED) is 0.100. The molecule has 46 heavy (non-hydrogen) atoms. The second-order valence-electron chi connectivity index (χ2n) is 11.6. The molecule has 5 aromatic carbocycles. The first kappa shape index (κ1) is 29.0. The largest absolute Gasteiger partial charge is 0.493 e. The van der Waals surface area contributed by atoms with Crippen molar-refractivity contribution in [3.05, 3.63) is 148 Å². The number of carboxylic acids is 1. The molecule has 1 heterocycles. The fourth-order valence-corrected chi connectivity index (χ4v) is 6.72. The molecule has 0 spiro atoms. The lowest BCUT2D eigenvalue weighted by molar-refractivity contribution is 0.0697. The van der Waals surface area contributed by atoms with Crippen molar-refractivity contribution in [2.45, 2.75) is 25.0 Å². The molecule has 3 atom stereocenters. The SMILES string of the molecule is COc1cc(C2Nc3ccc(C(=N)N)cc3C3c4ccccc4CC23)c(Oc2ccc(C(=O)O)cc2)cc1OCc1ccccc1. The smallest absolute Gasteiger partial charge is 0.335 e. The minimum absolute atomic E-state index is 0.0354. The highest BCUT2D eigenvalue weighted by Crippen LogP contribution is 2.56. The zero-order chi connectivity index (χ0) is 31.8. The number of aromatic carboxylic acids is 1. The van der Waals surface area contributed by atoms with E-state index in [1.54, 1.807) is 19.2 Å². The molecular formula is C38H33N3O5. The monoisotopic (exact) mass is 611 g/mol. The van der Waals surface area contributed by atoms with Crippen LogP contribution in [0.25, 0.3) is 0 Å². The number of rotatable bonds is 9. The van der Waals surface area contributed by atoms with Gasteiger partial charge in [0.25, 0.3) is 0 Å². The summed E-state index contributed by atoms with van der Waals surface area (Å²) >= 11 is 0. The van der Waals surface area contributed by atoms with Gasteiger partial charge in [0.05, 0.1) is 18.7 Å². The molecule has 2 aliphatic rings. The number of carbonyl (C=O) groups is 1. The summed E-state index contributed by atoms with van der Waals surface area (Å²) in [6.45, 7) is 0.344. The van der Waals surface area contributed by atoms with Crippen LogP contribution >= 0.6 is 0 Å². The van der Waals surface area contributed by atoms with Crippen molar-refractivity contribution in [1.82, 2.24) is 0 Å². The highest BCUT2D eigenvalue weighted by Gasteiger charge is 2.44. The van der Waals surface area contributed by atoms with Crippen LogP contribution in [0.1, 0.15) is 55.7 Å². The van der Waals surface area contributed by atoms with E-state index in [0.717, 1.165) is 28.8 Å². The van der Waals surface area contributed by atoms with Crippen LogP contribution in [0, 0.1) is 11.3 Å². The van der Waals surface area contributed by atoms with Crippen LogP contribution in [-0.4, -0.2) is 24.0 Å². The normalized spacial score (nSPS) is 17.5. The summed E-state index contributed by atoms with van der Waals surface area (Å²) in [5, 5.41) is 21.3. The zero-order valence-electron chi connectivity index (χ0n) is 25.2. The first-order chi connectivity index (χ1) is 22.4. The molecule has 7 rings (SSSR count). The third-order valence-corrected chi connectivity index (χ3v) is 8.91. The topological polar surface area (TPSA) is 127 Å². The Bertz CT molecular complexity index is 1940. The van der Waals surface area contributed by atoms with Gasteiger partial charge in [-0.2, -0.15) is 0 Å². The molecule has 5 N–H and O–H groups in total. The van der Waals surface area contributed by atoms with Gasteiger partial charge in [-0.3, -0.25) is 5.41 Å². The summed E-state index contributed by atoms with van der Waals surface area (Å²) in [6.07, 6.45) is 0.837. The molecule has 8 heteroatoms. The van der Waals surface area contributed by atoms with Gasteiger partial charge in [-0.25, -0.2) is 4.79 Å². The van der Waals surface area contributed by atoms with E-state index in [4.69, 9.17) is 25.4 Å². The minimum atomic E-state index is -1.00.